The molecule has 3 nitrogen and oxygen atoms in total. The number of hydrogen-bond donors (Lipinski definition) is 0. The van der Waals surface area contributed by atoms with Crippen molar-refractivity contribution in [3.63, 3.8) is 0 Å². The first kappa shape index (κ1) is 39.9. The zero-order valence-electron chi connectivity index (χ0n) is 38.6. The fraction of sp³-hybridized carbons (Fsp3) is 0.0149. The number of hydrogen-bond acceptors (Lipinski definition) is 0. The normalized spacial score (nSPS) is 11.8. The highest BCUT2D eigenvalue weighted by Gasteiger charge is 2.20. The molecule has 3 heterocycles. The number of fused-ring (bicyclic) bond motifs is 9. The maximum absolute atomic E-state index is 2.47. The molecule has 0 radical (unpaired) electrons. The summed E-state index contributed by atoms with van der Waals surface area (Å²) < 4.78 is 7.23. The molecular weight excluding hydrogens is 847 g/mol. The van der Waals surface area contributed by atoms with Crippen molar-refractivity contribution in [1.82, 2.24) is 13.7 Å². The molecule has 0 aliphatic rings. The second-order valence-electron chi connectivity index (χ2n) is 18.6. The van der Waals surface area contributed by atoms with E-state index < -0.39 is 0 Å². The third-order valence-corrected chi connectivity index (χ3v) is 14.6. The monoisotopic (exact) mass is 891 g/mol. The summed E-state index contributed by atoms with van der Waals surface area (Å²) in [7, 11) is 2.17. The van der Waals surface area contributed by atoms with Crippen LogP contribution in [0.2, 0.25) is 0 Å². The van der Waals surface area contributed by atoms with Gasteiger partial charge >= 0.3 is 0 Å². The Labute approximate surface area is 406 Å². The summed E-state index contributed by atoms with van der Waals surface area (Å²) in [5.74, 6) is 0. The molecule has 0 aliphatic heterocycles. The van der Waals surface area contributed by atoms with Gasteiger partial charge in [-0.15, -0.1) is 0 Å². The average molecular weight is 892 g/mol. The first-order valence-electron chi connectivity index (χ1n) is 24.1. The van der Waals surface area contributed by atoms with Crippen LogP contribution in [-0.2, 0) is 7.05 Å². The molecule has 11 aromatic carbocycles. The molecule has 0 atom stereocenters. The highest BCUT2D eigenvalue weighted by Crippen LogP contribution is 2.42. The maximum Gasteiger partial charge on any atom is 0.0541 e. The van der Waals surface area contributed by atoms with Crippen LogP contribution in [0.1, 0.15) is 0 Å². The van der Waals surface area contributed by atoms with E-state index in [0.717, 1.165) is 11.4 Å². The number of benzene rings is 11. The van der Waals surface area contributed by atoms with E-state index in [1.807, 2.05) is 0 Å². The lowest BCUT2D eigenvalue weighted by Crippen LogP contribution is -1.96. The standard InChI is InChI=1S/C67H45N3/c1-68-62-25-15-14-24-56(62)61-43-54(30-35-63(61)68)69-64-31-26-48(44-16-6-2-7-17-44)39-57(64)59-41-50(28-33-65(59)69)51-29-34-67-60(42-51)58-40-49(45-18-8-3-9-19-45)27-32-66(58)70(67)55-37-52(46-20-10-4-11-21-46)36-53(38-55)47-22-12-5-13-23-47/h2-43H,1H3. The zero-order valence-corrected chi connectivity index (χ0v) is 38.6. The van der Waals surface area contributed by atoms with Gasteiger partial charge in [0.05, 0.1) is 22.1 Å². The minimum Gasteiger partial charge on any atom is -0.344 e. The fourth-order valence-corrected chi connectivity index (χ4v) is 11.2. The van der Waals surface area contributed by atoms with Crippen molar-refractivity contribution >= 4 is 65.4 Å². The molecule has 70 heavy (non-hydrogen) atoms. The van der Waals surface area contributed by atoms with E-state index in [1.165, 1.54) is 121 Å². The van der Waals surface area contributed by atoms with Crippen LogP contribution in [0.25, 0.3) is 132 Å². The van der Waals surface area contributed by atoms with Gasteiger partial charge in [0.2, 0.25) is 0 Å². The molecule has 0 aliphatic carbocycles. The van der Waals surface area contributed by atoms with Crippen LogP contribution in [0.4, 0.5) is 0 Å². The van der Waals surface area contributed by atoms with Gasteiger partial charge in [0.1, 0.15) is 0 Å². The van der Waals surface area contributed by atoms with Crippen molar-refractivity contribution in [2.24, 2.45) is 7.05 Å². The molecule has 3 aromatic heterocycles. The summed E-state index contributed by atoms with van der Waals surface area (Å²) >= 11 is 0. The van der Waals surface area contributed by atoms with Gasteiger partial charge in [0.25, 0.3) is 0 Å². The van der Waals surface area contributed by atoms with E-state index in [-0.39, 0.29) is 0 Å². The van der Waals surface area contributed by atoms with Gasteiger partial charge in [-0.3, -0.25) is 0 Å². The van der Waals surface area contributed by atoms with Crippen LogP contribution in [-0.4, -0.2) is 13.7 Å². The summed E-state index contributed by atoms with van der Waals surface area (Å²) in [4.78, 5) is 0. The predicted octanol–water partition coefficient (Wildman–Crippen LogP) is 17.9. The topological polar surface area (TPSA) is 14.8 Å². The Bertz CT molecular complexity index is 4270. The third kappa shape index (κ3) is 6.43. The first-order valence-corrected chi connectivity index (χ1v) is 24.1. The van der Waals surface area contributed by atoms with Crippen molar-refractivity contribution in [2.45, 2.75) is 0 Å². The Hall–Kier alpha value is -9.18. The van der Waals surface area contributed by atoms with Gasteiger partial charge in [-0.05, 0) is 147 Å². The summed E-state index contributed by atoms with van der Waals surface area (Å²) in [5, 5.41) is 7.42. The maximum atomic E-state index is 2.47. The van der Waals surface area contributed by atoms with Crippen LogP contribution in [0, 0.1) is 0 Å². The Morgan fingerprint density at radius 1 is 0.200 bits per heavy atom. The van der Waals surface area contributed by atoms with Gasteiger partial charge in [-0.2, -0.15) is 0 Å². The molecule has 0 N–H and O–H groups in total. The Balaban J connectivity index is 0.989. The van der Waals surface area contributed by atoms with Crippen LogP contribution >= 0.6 is 0 Å². The Morgan fingerprint density at radius 3 is 0.971 bits per heavy atom. The van der Waals surface area contributed by atoms with Crippen LogP contribution in [0.15, 0.2) is 255 Å². The van der Waals surface area contributed by atoms with Gasteiger partial charge < -0.3 is 13.7 Å². The van der Waals surface area contributed by atoms with Crippen molar-refractivity contribution in [3.8, 4) is 67.0 Å². The van der Waals surface area contributed by atoms with E-state index in [2.05, 4.69) is 276 Å². The molecule has 0 fully saturated rings. The first-order chi connectivity index (χ1) is 34.6. The molecule has 0 saturated carbocycles. The molecule has 328 valence electrons. The highest BCUT2D eigenvalue weighted by atomic mass is 15.0. The lowest BCUT2D eigenvalue weighted by atomic mass is 9.98. The molecule has 14 rings (SSSR count). The number of aryl methyl sites for hydroxylation is 1. The van der Waals surface area contributed by atoms with Crippen LogP contribution < -0.4 is 0 Å². The zero-order chi connectivity index (χ0) is 46.3. The van der Waals surface area contributed by atoms with E-state index in [0.29, 0.717) is 0 Å². The highest BCUT2D eigenvalue weighted by molar-refractivity contribution is 6.15. The molecular formula is C67H45N3. The smallest absolute Gasteiger partial charge is 0.0541 e. The summed E-state index contributed by atoms with van der Waals surface area (Å²) in [6.07, 6.45) is 0. The minimum absolute atomic E-state index is 1.13. The molecule has 0 spiro atoms. The van der Waals surface area contributed by atoms with Gasteiger partial charge in [0.15, 0.2) is 0 Å². The van der Waals surface area contributed by atoms with Gasteiger partial charge in [-0.25, -0.2) is 0 Å². The van der Waals surface area contributed by atoms with Crippen molar-refractivity contribution < 1.29 is 0 Å². The number of para-hydroxylation sites is 1. The van der Waals surface area contributed by atoms with E-state index in [1.54, 1.807) is 0 Å². The summed E-state index contributed by atoms with van der Waals surface area (Å²) in [6, 6.07) is 93.8. The average Bonchev–Trinajstić information content (AvgIpc) is 4.05. The molecule has 0 unspecified atom stereocenters. The molecule has 14 aromatic rings. The van der Waals surface area contributed by atoms with Crippen molar-refractivity contribution in [1.29, 1.82) is 0 Å². The van der Waals surface area contributed by atoms with Crippen molar-refractivity contribution in [2.75, 3.05) is 0 Å². The number of nitrogens with zero attached hydrogens (tertiary/aromatic N) is 3. The summed E-state index contributed by atoms with van der Waals surface area (Å²) in [6.45, 7) is 0. The molecule has 0 amide bonds. The quantitative estimate of drug-likeness (QED) is 0.151. The van der Waals surface area contributed by atoms with E-state index in [9.17, 15) is 0 Å². The second-order valence-corrected chi connectivity index (χ2v) is 18.6. The Kier molecular flexibility index (Phi) is 9.11. The van der Waals surface area contributed by atoms with Crippen LogP contribution in [0.5, 0.6) is 0 Å². The third-order valence-electron chi connectivity index (χ3n) is 14.6. The van der Waals surface area contributed by atoms with E-state index in [4.69, 9.17) is 0 Å². The van der Waals surface area contributed by atoms with Gasteiger partial charge in [-0.1, -0.05) is 164 Å². The van der Waals surface area contributed by atoms with Gasteiger partial charge in [0, 0.05) is 61.8 Å². The fourth-order valence-electron chi connectivity index (χ4n) is 11.2. The summed E-state index contributed by atoms with van der Waals surface area (Å²) in [5.41, 5.74) is 21.4. The lowest BCUT2D eigenvalue weighted by molar-refractivity contribution is 1.01. The SMILES string of the molecule is Cn1c2ccccc2c2cc(-n3c4ccc(-c5ccccc5)cc4c4cc(-c5ccc6c(c5)c5cc(-c7ccccc7)ccc5n6-c5cc(-c6ccccc6)cc(-c6ccccc6)c5)ccc43)ccc21. The van der Waals surface area contributed by atoms with E-state index >= 15 is 0 Å². The van der Waals surface area contributed by atoms with Crippen LogP contribution in [0.3, 0.4) is 0 Å². The molecule has 0 saturated heterocycles. The minimum atomic E-state index is 1.13. The van der Waals surface area contributed by atoms with Crippen molar-refractivity contribution in [3.05, 3.63) is 255 Å². The largest absolute Gasteiger partial charge is 0.344 e. The number of aromatic nitrogens is 3. The number of rotatable bonds is 7. The predicted molar refractivity (Wildman–Crippen MR) is 296 cm³/mol. The second kappa shape index (κ2) is 16.0. The Morgan fingerprint density at radius 2 is 0.529 bits per heavy atom. The lowest BCUT2D eigenvalue weighted by Gasteiger charge is -2.14. The molecule has 0 bridgehead atoms. The molecule has 3 heteroatoms.